The highest BCUT2D eigenvalue weighted by Crippen LogP contribution is 2.26. The molecule has 0 bridgehead atoms. The van der Waals surface area contributed by atoms with E-state index < -0.39 is 18.8 Å². The molecule has 0 heterocycles. The highest BCUT2D eigenvalue weighted by atomic mass is 19.4. The third-order valence-corrected chi connectivity index (χ3v) is 1.34. The first-order valence-electron chi connectivity index (χ1n) is 3.42. The monoisotopic (exact) mass is 194 g/mol. The normalized spacial score (nSPS) is 11.4. The van der Waals surface area contributed by atoms with Crippen molar-refractivity contribution in [3.8, 4) is 5.75 Å². The number of hydrogen-bond acceptors (Lipinski definition) is 1. The van der Waals surface area contributed by atoms with Crippen LogP contribution in [0.25, 0.3) is 0 Å². The Bertz CT molecular complexity index is 282. The molecule has 0 spiro atoms. The molecule has 0 aliphatic heterocycles. The van der Waals surface area contributed by atoms with Crippen molar-refractivity contribution < 1.29 is 22.3 Å². The van der Waals surface area contributed by atoms with E-state index in [1.807, 2.05) is 0 Å². The third kappa shape index (κ3) is 2.93. The Morgan fingerprint density at radius 1 is 1.15 bits per heavy atom. The molecule has 0 atom stereocenters. The molecule has 0 amide bonds. The minimum atomic E-state index is -4.77. The molecule has 0 aliphatic rings. The number of hydrogen-bond donors (Lipinski definition) is 0. The summed E-state index contributed by atoms with van der Waals surface area (Å²) in [5, 5.41) is 0. The number of benzene rings is 1. The van der Waals surface area contributed by atoms with Gasteiger partial charge in [-0.3, -0.25) is 0 Å². The molecule has 72 valence electrons. The maximum Gasteiger partial charge on any atom is 0.573 e. The van der Waals surface area contributed by atoms with Gasteiger partial charge in [-0.1, -0.05) is 18.2 Å². The van der Waals surface area contributed by atoms with Crippen molar-refractivity contribution in [2.75, 3.05) is 0 Å². The first-order chi connectivity index (χ1) is 6.03. The van der Waals surface area contributed by atoms with Gasteiger partial charge in [-0.15, -0.1) is 13.2 Å². The largest absolute Gasteiger partial charge is 0.573 e. The summed E-state index contributed by atoms with van der Waals surface area (Å²) in [5.41, 5.74) is -0.111. The van der Waals surface area contributed by atoms with E-state index in [4.69, 9.17) is 0 Å². The van der Waals surface area contributed by atoms with Crippen LogP contribution in [0.3, 0.4) is 0 Å². The van der Waals surface area contributed by atoms with Crippen LogP contribution in [-0.4, -0.2) is 6.36 Å². The summed E-state index contributed by atoms with van der Waals surface area (Å²) >= 11 is 0. The van der Waals surface area contributed by atoms with Gasteiger partial charge < -0.3 is 4.74 Å². The smallest absolute Gasteiger partial charge is 0.405 e. The van der Waals surface area contributed by atoms with Crippen LogP contribution in [0.5, 0.6) is 5.75 Å². The van der Waals surface area contributed by atoms with Crippen molar-refractivity contribution >= 4 is 0 Å². The van der Waals surface area contributed by atoms with Crippen molar-refractivity contribution in [1.82, 2.24) is 0 Å². The second-order valence-corrected chi connectivity index (χ2v) is 2.29. The van der Waals surface area contributed by atoms with Gasteiger partial charge in [-0.2, -0.15) is 0 Å². The molecule has 0 unspecified atom stereocenters. The van der Waals surface area contributed by atoms with Crippen molar-refractivity contribution in [3.05, 3.63) is 29.8 Å². The van der Waals surface area contributed by atoms with Crippen LogP contribution in [0, 0.1) is 0 Å². The predicted octanol–water partition coefficient (Wildman–Crippen LogP) is 3.05. The van der Waals surface area contributed by atoms with E-state index in [1.54, 1.807) is 0 Å². The van der Waals surface area contributed by atoms with Gasteiger partial charge in [0.2, 0.25) is 0 Å². The molecule has 1 nitrogen and oxygen atoms in total. The average molecular weight is 194 g/mol. The van der Waals surface area contributed by atoms with Crippen LogP contribution in [-0.2, 0) is 6.67 Å². The molecule has 0 saturated carbocycles. The number of para-hydroxylation sites is 1. The molecule has 0 saturated heterocycles. The van der Waals surface area contributed by atoms with Crippen LogP contribution < -0.4 is 4.74 Å². The van der Waals surface area contributed by atoms with Gasteiger partial charge >= 0.3 is 6.36 Å². The Balaban J connectivity index is 2.87. The highest BCUT2D eigenvalue weighted by Gasteiger charge is 2.31. The van der Waals surface area contributed by atoms with Crippen LogP contribution >= 0.6 is 0 Å². The fourth-order valence-corrected chi connectivity index (χ4v) is 0.838. The van der Waals surface area contributed by atoms with E-state index in [2.05, 4.69) is 4.74 Å². The molecule has 1 aromatic rings. The van der Waals surface area contributed by atoms with E-state index in [0.717, 1.165) is 6.07 Å². The summed E-state index contributed by atoms with van der Waals surface area (Å²) in [6.45, 7) is -0.980. The zero-order valence-corrected chi connectivity index (χ0v) is 6.44. The van der Waals surface area contributed by atoms with Gasteiger partial charge in [0.25, 0.3) is 0 Å². The van der Waals surface area contributed by atoms with E-state index in [-0.39, 0.29) is 5.56 Å². The lowest BCUT2D eigenvalue weighted by Crippen LogP contribution is -2.17. The zero-order chi connectivity index (χ0) is 9.90. The minimum absolute atomic E-state index is 0.111. The van der Waals surface area contributed by atoms with E-state index >= 15 is 0 Å². The van der Waals surface area contributed by atoms with Gasteiger partial charge in [0.15, 0.2) is 0 Å². The number of ether oxygens (including phenoxy) is 1. The van der Waals surface area contributed by atoms with Gasteiger partial charge in [0.1, 0.15) is 12.4 Å². The zero-order valence-electron chi connectivity index (χ0n) is 6.44. The Labute approximate surface area is 71.9 Å². The number of halogens is 4. The summed E-state index contributed by atoms with van der Waals surface area (Å²) in [5.74, 6) is -0.488. The van der Waals surface area contributed by atoms with E-state index in [0.29, 0.717) is 0 Å². The Morgan fingerprint density at radius 2 is 1.77 bits per heavy atom. The molecular weight excluding hydrogens is 188 g/mol. The molecule has 13 heavy (non-hydrogen) atoms. The van der Waals surface area contributed by atoms with Crippen molar-refractivity contribution in [1.29, 1.82) is 0 Å². The third-order valence-electron chi connectivity index (χ3n) is 1.34. The lowest BCUT2D eigenvalue weighted by Gasteiger charge is -2.10. The molecule has 0 radical (unpaired) electrons. The van der Waals surface area contributed by atoms with Gasteiger partial charge in [0.05, 0.1) is 0 Å². The molecular formula is C8H6F4O. The Morgan fingerprint density at radius 3 is 2.31 bits per heavy atom. The fourth-order valence-electron chi connectivity index (χ4n) is 0.838. The van der Waals surface area contributed by atoms with Gasteiger partial charge in [0, 0.05) is 5.56 Å². The molecule has 0 aromatic heterocycles. The maximum absolute atomic E-state index is 12.1. The fraction of sp³-hybridized carbons (Fsp3) is 0.250. The topological polar surface area (TPSA) is 9.23 Å². The Kier molecular flexibility index (Phi) is 2.75. The number of rotatable bonds is 2. The second kappa shape index (κ2) is 3.64. The average Bonchev–Trinajstić information content (AvgIpc) is 2.02. The lowest BCUT2D eigenvalue weighted by molar-refractivity contribution is -0.275. The highest BCUT2D eigenvalue weighted by molar-refractivity contribution is 5.32. The molecule has 0 fully saturated rings. The summed E-state index contributed by atoms with van der Waals surface area (Å²) < 4.78 is 50.8. The summed E-state index contributed by atoms with van der Waals surface area (Å²) in [6, 6.07) is 5.10. The first-order valence-corrected chi connectivity index (χ1v) is 3.42. The predicted molar refractivity (Wildman–Crippen MR) is 37.9 cm³/mol. The maximum atomic E-state index is 12.1. The number of alkyl halides is 4. The van der Waals surface area contributed by atoms with Crippen LogP contribution in [0.1, 0.15) is 5.56 Å². The van der Waals surface area contributed by atoms with Crippen LogP contribution in [0.2, 0.25) is 0 Å². The summed E-state index contributed by atoms with van der Waals surface area (Å²) in [7, 11) is 0. The summed E-state index contributed by atoms with van der Waals surface area (Å²) in [6.07, 6.45) is -4.77. The van der Waals surface area contributed by atoms with E-state index in [9.17, 15) is 17.6 Å². The van der Waals surface area contributed by atoms with Crippen molar-refractivity contribution in [2.45, 2.75) is 13.0 Å². The molecule has 5 heteroatoms. The Hall–Kier alpha value is -1.26. The SMILES string of the molecule is FCc1ccccc1OC(F)(F)F. The minimum Gasteiger partial charge on any atom is -0.405 e. The van der Waals surface area contributed by atoms with Crippen molar-refractivity contribution in [3.63, 3.8) is 0 Å². The molecule has 1 rings (SSSR count). The lowest BCUT2D eigenvalue weighted by atomic mass is 10.2. The first kappa shape index (κ1) is 9.83. The standard InChI is InChI=1S/C8H6F4O/c9-5-6-3-1-2-4-7(6)13-8(10,11)12/h1-4H,5H2. The molecule has 1 aromatic carbocycles. The van der Waals surface area contributed by atoms with Crippen LogP contribution in [0.15, 0.2) is 24.3 Å². The van der Waals surface area contributed by atoms with Crippen molar-refractivity contribution in [2.24, 2.45) is 0 Å². The second-order valence-electron chi connectivity index (χ2n) is 2.29. The quantitative estimate of drug-likeness (QED) is 0.657. The molecule has 0 N–H and O–H groups in total. The van der Waals surface area contributed by atoms with Crippen LogP contribution in [0.4, 0.5) is 17.6 Å². The molecule has 0 aliphatic carbocycles. The van der Waals surface area contributed by atoms with Gasteiger partial charge in [-0.25, -0.2) is 4.39 Å². The van der Waals surface area contributed by atoms with Gasteiger partial charge in [-0.05, 0) is 6.07 Å². The summed E-state index contributed by atoms with van der Waals surface area (Å²) in [4.78, 5) is 0. The van der Waals surface area contributed by atoms with E-state index in [1.165, 1.54) is 18.2 Å².